The van der Waals surface area contributed by atoms with Crippen molar-refractivity contribution in [3.63, 3.8) is 0 Å². The third-order valence-electron chi connectivity index (χ3n) is 4.87. The van der Waals surface area contributed by atoms with Gasteiger partial charge < -0.3 is 19.5 Å². The first-order valence-electron chi connectivity index (χ1n) is 10.5. The fourth-order valence-corrected chi connectivity index (χ4v) is 3.21. The van der Waals surface area contributed by atoms with Gasteiger partial charge in [0.2, 0.25) is 0 Å². The Morgan fingerprint density at radius 1 is 1.18 bits per heavy atom. The highest BCUT2D eigenvalue weighted by atomic mass is 16.5. The Hall–Kier alpha value is -4.05. The number of anilines is 2. The van der Waals surface area contributed by atoms with Crippen molar-refractivity contribution in [1.29, 1.82) is 0 Å². The summed E-state index contributed by atoms with van der Waals surface area (Å²) in [5.74, 6) is 0.188. The highest BCUT2D eigenvalue weighted by Crippen LogP contribution is 2.21. The molecule has 0 unspecified atom stereocenters. The molecule has 2 N–H and O–H groups in total. The molecule has 0 bridgehead atoms. The molecule has 0 aliphatic carbocycles. The van der Waals surface area contributed by atoms with E-state index in [0.717, 1.165) is 18.8 Å². The van der Waals surface area contributed by atoms with E-state index in [9.17, 15) is 4.79 Å². The van der Waals surface area contributed by atoms with E-state index in [-0.39, 0.29) is 11.6 Å². The number of nitrogens with one attached hydrogen (secondary N) is 1. The molecule has 170 valence electrons. The standard InChI is InChI=1S/C23H24N6O4/c30-22(31)18-5-3-4-17(14-18)16-25-28-20-15-21(29-9-12-32-13-10-29)27-23(26-20)33-11-7-19-6-1-2-8-24-19/h1-6,8,14-16H,7,9-13H2,(H,30,31)(H,26,27,28). The summed E-state index contributed by atoms with van der Waals surface area (Å²) in [4.78, 5) is 26.5. The van der Waals surface area contributed by atoms with E-state index in [4.69, 9.17) is 14.6 Å². The minimum Gasteiger partial charge on any atom is -0.478 e. The van der Waals surface area contributed by atoms with Crippen molar-refractivity contribution >= 4 is 23.8 Å². The molecule has 4 rings (SSSR count). The lowest BCUT2D eigenvalue weighted by Crippen LogP contribution is -2.36. The number of morpholine rings is 1. The lowest BCUT2D eigenvalue weighted by Gasteiger charge is -2.28. The van der Waals surface area contributed by atoms with E-state index in [1.165, 1.54) is 12.3 Å². The zero-order valence-electron chi connectivity index (χ0n) is 17.9. The number of carboxylic acids is 1. The Morgan fingerprint density at radius 2 is 2.06 bits per heavy atom. The van der Waals surface area contributed by atoms with Gasteiger partial charge in [0, 0.05) is 37.5 Å². The minimum atomic E-state index is -0.989. The number of benzene rings is 1. The predicted molar refractivity (Wildman–Crippen MR) is 123 cm³/mol. The largest absolute Gasteiger partial charge is 0.478 e. The van der Waals surface area contributed by atoms with E-state index in [0.29, 0.717) is 43.4 Å². The van der Waals surface area contributed by atoms with Crippen molar-refractivity contribution in [1.82, 2.24) is 15.0 Å². The van der Waals surface area contributed by atoms with Crippen molar-refractivity contribution in [3.05, 3.63) is 71.5 Å². The molecule has 10 nitrogen and oxygen atoms in total. The van der Waals surface area contributed by atoms with Crippen molar-refractivity contribution in [2.24, 2.45) is 5.10 Å². The quantitative estimate of drug-likeness (QED) is 0.375. The average molecular weight is 448 g/mol. The molecule has 1 aromatic carbocycles. The highest BCUT2D eigenvalue weighted by Gasteiger charge is 2.15. The van der Waals surface area contributed by atoms with Gasteiger partial charge in [-0.3, -0.25) is 10.4 Å². The molecule has 2 aromatic heterocycles. The number of pyridine rings is 1. The second kappa shape index (κ2) is 11.0. The van der Waals surface area contributed by atoms with Gasteiger partial charge in [0.15, 0.2) is 5.82 Å². The van der Waals surface area contributed by atoms with Gasteiger partial charge in [0.05, 0.1) is 31.6 Å². The van der Waals surface area contributed by atoms with Crippen LogP contribution in [0.5, 0.6) is 6.01 Å². The van der Waals surface area contributed by atoms with Gasteiger partial charge in [-0.1, -0.05) is 18.2 Å². The third-order valence-corrected chi connectivity index (χ3v) is 4.87. The topological polar surface area (TPSA) is 122 Å². The monoisotopic (exact) mass is 448 g/mol. The van der Waals surface area contributed by atoms with Gasteiger partial charge in [-0.15, -0.1) is 0 Å². The van der Waals surface area contributed by atoms with Gasteiger partial charge in [0.1, 0.15) is 5.82 Å². The predicted octanol–water partition coefficient (Wildman–Crippen LogP) is 2.47. The van der Waals surface area contributed by atoms with Crippen LogP contribution in [0.1, 0.15) is 21.6 Å². The zero-order chi connectivity index (χ0) is 22.9. The fourth-order valence-electron chi connectivity index (χ4n) is 3.21. The van der Waals surface area contributed by atoms with E-state index in [1.807, 2.05) is 18.2 Å². The molecule has 10 heteroatoms. The number of aromatic nitrogens is 3. The summed E-state index contributed by atoms with van der Waals surface area (Å²) in [6.45, 7) is 3.07. The van der Waals surface area contributed by atoms with E-state index < -0.39 is 5.97 Å². The molecule has 3 heterocycles. The first kappa shape index (κ1) is 22.2. The molecule has 0 amide bonds. The Labute approximate surface area is 190 Å². The third kappa shape index (κ3) is 6.47. The molecule has 1 fully saturated rings. The van der Waals surface area contributed by atoms with Crippen LogP contribution in [0.25, 0.3) is 0 Å². The van der Waals surface area contributed by atoms with Crippen LogP contribution in [-0.2, 0) is 11.2 Å². The SMILES string of the molecule is O=C(O)c1cccc(C=NNc2cc(N3CCOCC3)nc(OCCc3ccccn3)n2)c1. The number of hydrazone groups is 1. The van der Waals surface area contributed by atoms with Crippen molar-refractivity contribution in [2.45, 2.75) is 6.42 Å². The summed E-state index contributed by atoms with van der Waals surface area (Å²) >= 11 is 0. The Balaban J connectivity index is 1.47. The van der Waals surface area contributed by atoms with Gasteiger partial charge in [0.25, 0.3) is 0 Å². The normalized spacial score (nSPS) is 13.8. The molecular weight excluding hydrogens is 424 g/mol. The number of ether oxygens (including phenoxy) is 2. The molecule has 0 radical (unpaired) electrons. The number of carboxylic acid groups (broad SMARTS) is 1. The second-order valence-corrected chi connectivity index (χ2v) is 7.21. The smallest absolute Gasteiger partial charge is 0.335 e. The summed E-state index contributed by atoms with van der Waals surface area (Å²) in [6.07, 6.45) is 3.91. The number of nitrogens with zero attached hydrogens (tertiary/aromatic N) is 5. The molecule has 0 atom stereocenters. The summed E-state index contributed by atoms with van der Waals surface area (Å²) in [5, 5.41) is 13.3. The molecular formula is C23H24N6O4. The highest BCUT2D eigenvalue weighted by molar-refractivity contribution is 5.91. The Kier molecular flexibility index (Phi) is 7.39. The molecule has 1 aliphatic heterocycles. The van der Waals surface area contributed by atoms with Gasteiger partial charge in [-0.25, -0.2) is 4.79 Å². The van der Waals surface area contributed by atoms with Crippen LogP contribution in [0.15, 0.2) is 59.8 Å². The Bertz CT molecular complexity index is 1100. The molecule has 3 aromatic rings. The number of rotatable bonds is 9. The first-order valence-corrected chi connectivity index (χ1v) is 10.5. The van der Waals surface area contributed by atoms with Crippen LogP contribution in [-0.4, -0.2) is 65.2 Å². The average Bonchev–Trinajstić information content (AvgIpc) is 2.85. The minimum absolute atomic E-state index is 0.194. The number of hydrogen-bond acceptors (Lipinski definition) is 9. The molecule has 1 aliphatic rings. The number of carbonyl (C=O) groups is 1. The van der Waals surface area contributed by atoms with E-state index in [2.05, 4.69) is 30.4 Å². The van der Waals surface area contributed by atoms with Crippen LogP contribution in [0.4, 0.5) is 11.6 Å². The molecule has 1 saturated heterocycles. The Morgan fingerprint density at radius 3 is 2.85 bits per heavy atom. The number of aromatic carboxylic acids is 1. The summed E-state index contributed by atoms with van der Waals surface area (Å²) < 4.78 is 11.2. The van der Waals surface area contributed by atoms with Crippen LogP contribution in [0.2, 0.25) is 0 Å². The number of hydrogen-bond donors (Lipinski definition) is 2. The van der Waals surface area contributed by atoms with Crippen LogP contribution in [0, 0.1) is 0 Å². The summed E-state index contributed by atoms with van der Waals surface area (Å²) in [5.41, 5.74) is 4.66. The van der Waals surface area contributed by atoms with Crippen LogP contribution in [0.3, 0.4) is 0 Å². The van der Waals surface area contributed by atoms with E-state index in [1.54, 1.807) is 30.5 Å². The van der Waals surface area contributed by atoms with Gasteiger partial charge >= 0.3 is 12.0 Å². The lowest BCUT2D eigenvalue weighted by molar-refractivity contribution is 0.0697. The van der Waals surface area contributed by atoms with Crippen LogP contribution >= 0.6 is 0 Å². The molecule has 0 saturated carbocycles. The zero-order valence-corrected chi connectivity index (χ0v) is 17.9. The van der Waals surface area contributed by atoms with Crippen molar-refractivity contribution in [3.8, 4) is 6.01 Å². The van der Waals surface area contributed by atoms with Crippen molar-refractivity contribution < 1.29 is 19.4 Å². The maximum absolute atomic E-state index is 11.1. The first-order chi connectivity index (χ1) is 16.2. The summed E-state index contributed by atoms with van der Waals surface area (Å²) in [6, 6.07) is 14.3. The maximum Gasteiger partial charge on any atom is 0.335 e. The fraction of sp³-hybridized carbons (Fsp3) is 0.261. The summed E-state index contributed by atoms with van der Waals surface area (Å²) in [7, 11) is 0. The lowest BCUT2D eigenvalue weighted by atomic mass is 10.1. The van der Waals surface area contributed by atoms with Crippen molar-refractivity contribution in [2.75, 3.05) is 43.2 Å². The maximum atomic E-state index is 11.1. The van der Waals surface area contributed by atoms with E-state index >= 15 is 0 Å². The molecule has 0 spiro atoms. The van der Waals surface area contributed by atoms with Crippen LogP contribution < -0.4 is 15.1 Å². The van der Waals surface area contributed by atoms with Gasteiger partial charge in [-0.2, -0.15) is 15.1 Å². The second-order valence-electron chi connectivity index (χ2n) is 7.21. The van der Waals surface area contributed by atoms with Gasteiger partial charge in [-0.05, 0) is 29.8 Å². The molecule has 33 heavy (non-hydrogen) atoms.